The van der Waals surface area contributed by atoms with Crippen LogP contribution in [0.3, 0.4) is 0 Å². The van der Waals surface area contributed by atoms with Gasteiger partial charge in [0.05, 0.1) is 10.3 Å². The molecule has 1 N–H and O–H groups in total. The van der Waals surface area contributed by atoms with Gasteiger partial charge in [0.15, 0.2) is 0 Å². The maximum atomic E-state index is 12.1. The van der Waals surface area contributed by atoms with E-state index in [4.69, 9.17) is 0 Å². The first-order chi connectivity index (χ1) is 13.1. The number of thiophene rings is 1. The highest BCUT2D eigenvalue weighted by atomic mass is 79.9. The van der Waals surface area contributed by atoms with E-state index in [9.17, 15) is 22.8 Å². The van der Waals surface area contributed by atoms with Crippen molar-refractivity contribution in [2.45, 2.75) is 25.6 Å². The number of benzene rings is 1. The van der Waals surface area contributed by atoms with Crippen LogP contribution in [-0.2, 0) is 16.0 Å². The molecule has 0 saturated heterocycles. The average Bonchev–Trinajstić information content (AvgIpc) is 3.00. The third-order valence-corrected chi connectivity index (χ3v) is 5.30. The first-order valence-corrected chi connectivity index (χ1v) is 9.87. The molecule has 5 nitrogen and oxygen atoms in total. The van der Waals surface area contributed by atoms with Gasteiger partial charge < -0.3 is 15.0 Å². The Morgan fingerprint density at radius 2 is 1.86 bits per heavy atom. The molecule has 0 aliphatic rings. The topological polar surface area (TPSA) is 58.6 Å². The van der Waals surface area contributed by atoms with Crippen LogP contribution in [0, 0.1) is 0 Å². The zero-order valence-electron chi connectivity index (χ0n) is 14.9. The molecular weight excluding hydrogens is 461 g/mol. The van der Waals surface area contributed by atoms with Gasteiger partial charge in [-0.05, 0) is 65.2 Å². The van der Waals surface area contributed by atoms with Crippen molar-refractivity contribution in [2.75, 3.05) is 18.9 Å². The Hall–Kier alpha value is -2.07. The SMILES string of the molecule is CN(CC(=O)Nc1ccc(OC(F)(F)F)cc1)C(=O)CCCc1ccc(Br)s1. The third-order valence-electron chi connectivity index (χ3n) is 3.62. The quantitative estimate of drug-likeness (QED) is 0.591. The van der Waals surface area contributed by atoms with Crippen LogP contribution in [-0.4, -0.2) is 36.7 Å². The molecule has 0 spiro atoms. The Kier molecular flexibility index (Phi) is 7.88. The molecule has 2 amide bonds. The third kappa shape index (κ3) is 7.89. The van der Waals surface area contributed by atoms with Crippen molar-refractivity contribution in [3.8, 4) is 5.75 Å². The normalized spacial score (nSPS) is 11.2. The molecule has 28 heavy (non-hydrogen) atoms. The van der Waals surface area contributed by atoms with Gasteiger partial charge in [0.25, 0.3) is 0 Å². The number of aryl methyl sites for hydroxylation is 1. The van der Waals surface area contributed by atoms with E-state index in [-0.39, 0.29) is 18.2 Å². The second-order valence-corrected chi connectivity index (χ2v) is 8.48. The lowest BCUT2D eigenvalue weighted by Crippen LogP contribution is -2.34. The molecule has 0 radical (unpaired) electrons. The summed E-state index contributed by atoms with van der Waals surface area (Å²) >= 11 is 5.01. The van der Waals surface area contributed by atoms with E-state index in [0.717, 1.165) is 22.3 Å². The van der Waals surface area contributed by atoms with Gasteiger partial charge in [0.1, 0.15) is 5.75 Å². The van der Waals surface area contributed by atoms with E-state index in [0.29, 0.717) is 18.5 Å². The highest BCUT2D eigenvalue weighted by Crippen LogP contribution is 2.24. The lowest BCUT2D eigenvalue weighted by atomic mass is 10.2. The van der Waals surface area contributed by atoms with Gasteiger partial charge in [0, 0.05) is 24.0 Å². The zero-order chi connectivity index (χ0) is 20.7. The van der Waals surface area contributed by atoms with Crippen molar-refractivity contribution in [3.63, 3.8) is 0 Å². The molecule has 0 aliphatic carbocycles. The average molecular weight is 479 g/mol. The fourth-order valence-corrected chi connectivity index (χ4v) is 3.86. The van der Waals surface area contributed by atoms with Gasteiger partial charge in [0.2, 0.25) is 11.8 Å². The summed E-state index contributed by atoms with van der Waals surface area (Å²) < 4.78 is 41.2. The van der Waals surface area contributed by atoms with Crippen molar-refractivity contribution in [1.82, 2.24) is 4.90 Å². The molecule has 0 unspecified atom stereocenters. The number of ether oxygens (including phenoxy) is 1. The molecule has 0 saturated carbocycles. The van der Waals surface area contributed by atoms with Crippen LogP contribution in [0.25, 0.3) is 0 Å². The molecule has 10 heteroatoms. The standard InChI is InChI=1S/C18H18BrF3N2O3S/c1-24(17(26)4-2-3-14-9-10-15(19)28-14)11-16(25)23-12-5-7-13(8-6-12)27-18(20,21)22/h5-10H,2-4,11H2,1H3,(H,23,25). The van der Waals surface area contributed by atoms with Crippen molar-refractivity contribution >= 4 is 44.8 Å². The molecule has 0 fully saturated rings. The van der Waals surface area contributed by atoms with E-state index in [1.807, 2.05) is 12.1 Å². The zero-order valence-corrected chi connectivity index (χ0v) is 17.3. The minimum absolute atomic E-state index is 0.149. The van der Waals surface area contributed by atoms with Crippen LogP contribution in [0.2, 0.25) is 0 Å². The molecular formula is C18H18BrF3N2O3S. The van der Waals surface area contributed by atoms with Crippen molar-refractivity contribution in [3.05, 3.63) is 45.1 Å². The Bertz CT molecular complexity index is 809. The predicted molar refractivity (Wildman–Crippen MR) is 104 cm³/mol. The number of hydrogen-bond donors (Lipinski definition) is 1. The van der Waals surface area contributed by atoms with Crippen LogP contribution in [0.1, 0.15) is 17.7 Å². The van der Waals surface area contributed by atoms with Gasteiger partial charge in [-0.2, -0.15) is 0 Å². The van der Waals surface area contributed by atoms with Gasteiger partial charge in [-0.3, -0.25) is 9.59 Å². The number of amides is 2. The number of hydrogen-bond acceptors (Lipinski definition) is 4. The summed E-state index contributed by atoms with van der Waals surface area (Å²) in [6.07, 6.45) is -2.98. The summed E-state index contributed by atoms with van der Waals surface area (Å²) in [5.74, 6) is -0.974. The molecule has 0 atom stereocenters. The van der Waals surface area contributed by atoms with Crippen molar-refractivity contribution in [2.24, 2.45) is 0 Å². The van der Waals surface area contributed by atoms with Gasteiger partial charge in [-0.15, -0.1) is 24.5 Å². The number of rotatable bonds is 8. The second kappa shape index (κ2) is 9.92. The summed E-state index contributed by atoms with van der Waals surface area (Å²) in [7, 11) is 1.53. The summed E-state index contributed by atoms with van der Waals surface area (Å²) in [6.45, 7) is -0.149. The minimum atomic E-state index is -4.77. The number of carbonyl (C=O) groups excluding carboxylic acids is 2. The number of halogens is 4. The number of nitrogens with one attached hydrogen (secondary N) is 1. The van der Waals surface area contributed by atoms with E-state index in [2.05, 4.69) is 26.0 Å². The highest BCUT2D eigenvalue weighted by Gasteiger charge is 2.30. The molecule has 2 rings (SSSR count). The number of carbonyl (C=O) groups is 2. The van der Waals surface area contributed by atoms with Crippen LogP contribution in [0.15, 0.2) is 40.2 Å². The number of anilines is 1. The summed E-state index contributed by atoms with van der Waals surface area (Å²) in [6, 6.07) is 8.74. The maximum absolute atomic E-state index is 12.1. The van der Waals surface area contributed by atoms with Gasteiger partial charge in [-0.1, -0.05) is 0 Å². The largest absolute Gasteiger partial charge is 0.573 e. The van der Waals surface area contributed by atoms with E-state index in [1.165, 1.54) is 29.0 Å². The Balaban J connectivity index is 1.74. The highest BCUT2D eigenvalue weighted by molar-refractivity contribution is 9.11. The van der Waals surface area contributed by atoms with Gasteiger partial charge >= 0.3 is 6.36 Å². The molecule has 1 aromatic heterocycles. The fourth-order valence-electron chi connectivity index (χ4n) is 2.33. The first-order valence-electron chi connectivity index (χ1n) is 8.26. The Labute approximate surface area is 172 Å². The maximum Gasteiger partial charge on any atom is 0.573 e. The Morgan fingerprint density at radius 3 is 2.43 bits per heavy atom. The predicted octanol–water partition coefficient (Wildman–Crippen LogP) is 4.83. The lowest BCUT2D eigenvalue weighted by molar-refractivity contribution is -0.274. The first kappa shape index (κ1) is 22.2. The lowest BCUT2D eigenvalue weighted by Gasteiger charge is -2.17. The molecule has 1 aromatic carbocycles. The Morgan fingerprint density at radius 1 is 1.18 bits per heavy atom. The minimum Gasteiger partial charge on any atom is -0.406 e. The van der Waals surface area contributed by atoms with Crippen molar-refractivity contribution < 1.29 is 27.5 Å². The number of nitrogens with zero attached hydrogens (tertiary/aromatic N) is 1. The van der Waals surface area contributed by atoms with E-state index in [1.54, 1.807) is 11.3 Å². The summed E-state index contributed by atoms with van der Waals surface area (Å²) in [5.41, 5.74) is 0.309. The molecule has 1 heterocycles. The molecule has 152 valence electrons. The molecule has 0 bridgehead atoms. The van der Waals surface area contributed by atoms with E-state index >= 15 is 0 Å². The monoisotopic (exact) mass is 478 g/mol. The number of alkyl halides is 3. The van der Waals surface area contributed by atoms with Crippen LogP contribution < -0.4 is 10.1 Å². The summed E-state index contributed by atoms with van der Waals surface area (Å²) in [5, 5.41) is 2.53. The second-order valence-electron chi connectivity index (χ2n) is 5.93. The van der Waals surface area contributed by atoms with Gasteiger partial charge in [-0.25, -0.2) is 0 Å². The van der Waals surface area contributed by atoms with E-state index < -0.39 is 12.3 Å². The number of likely N-dealkylation sites (N-methyl/N-ethyl adjacent to an activating group) is 1. The summed E-state index contributed by atoms with van der Waals surface area (Å²) in [4.78, 5) is 26.6. The smallest absolute Gasteiger partial charge is 0.406 e. The van der Waals surface area contributed by atoms with Crippen LogP contribution in [0.4, 0.5) is 18.9 Å². The van der Waals surface area contributed by atoms with Crippen LogP contribution in [0.5, 0.6) is 5.75 Å². The molecule has 2 aromatic rings. The van der Waals surface area contributed by atoms with Crippen molar-refractivity contribution in [1.29, 1.82) is 0 Å². The fraction of sp³-hybridized carbons (Fsp3) is 0.333. The molecule has 0 aliphatic heterocycles. The van der Waals surface area contributed by atoms with Crippen LogP contribution >= 0.6 is 27.3 Å².